The predicted molar refractivity (Wildman–Crippen MR) is 81.9 cm³/mol. The fourth-order valence-electron chi connectivity index (χ4n) is 2.41. The van der Waals surface area contributed by atoms with E-state index >= 15 is 0 Å². The Balaban J connectivity index is 1.99. The highest BCUT2D eigenvalue weighted by atomic mass is 32.2. The van der Waals surface area contributed by atoms with Gasteiger partial charge in [-0.2, -0.15) is 0 Å². The molecule has 2 atom stereocenters. The Morgan fingerprint density at radius 2 is 2.26 bits per heavy atom. The largest absolute Gasteiger partial charge is 0.389 e. The van der Waals surface area contributed by atoms with Crippen LogP contribution in [0.1, 0.15) is 31.1 Å². The minimum atomic E-state index is -3.42. The highest BCUT2D eigenvalue weighted by Crippen LogP contribution is 2.30. The van der Waals surface area contributed by atoms with E-state index in [2.05, 4.69) is 11.6 Å². The summed E-state index contributed by atoms with van der Waals surface area (Å²) >= 11 is 5.95. The molecule has 1 aliphatic carbocycles. The number of thiophene rings is 1. The van der Waals surface area contributed by atoms with E-state index in [1.54, 1.807) is 12.1 Å². The number of sulfonamides is 1. The van der Waals surface area contributed by atoms with Gasteiger partial charge in [0.1, 0.15) is 9.20 Å². The maximum absolute atomic E-state index is 12.1. The second kappa shape index (κ2) is 5.87. The molecule has 1 saturated carbocycles. The second-order valence-corrected chi connectivity index (χ2v) is 8.64. The van der Waals surface area contributed by atoms with E-state index in [9.17, 15) is 8.42 Å². The van der Waals surface area contributed by atoms with Gasteiger partial charge in [0.15, 0.2) is 0 Å². The van der Waals surface area contributed by atoms with E-state index in [-0.39, 0.29) is 9.20 Å². The molecule has 0 amide bonds. The molecule has 0 bridgehead atoms. The van der Waals surface area contributed by atoms with Gasteiger partial charge in [0, 0.05) is 6.54 Å². The lowest BCUT2D eigenvalue weighted by Crippen LogP contribution is -2.28. The first-order chi connectivity index (χ1) is 8.88. The van der Waals surface area contributed by atoms with E-state index in [1.165, 1.54) is 6.42 Å². The van der Waals surface area contributed by atoms with Gasteiger partial charge in [-0.25, -0.2) is 13.1 Å². The summed E-state index contributed by atoms with van der Waals surface area (Å²) in [6.07, 6.45) is 3.40. The molecule has 0 aromatic carbocycles. The van der Waals surface area contributed by atoms with Gasteiger partial charge in [-0.1, -0.05) is 25.6 Å². The van der Waals surface area contributed by atoms with Crippen molar-refractivity contribution < 1.29 is 8.42 Å². The molecule has 0 radical (unpaired) electrons. The molecule has 19 heavy (non-hydrogen) atoms. The van der Waals surface area contributed by atoms with Crippen LogP contribution < -0.4 is 10.5 Å². The summed E-state index contributed by atoms with van der Waals surface area (Å²) in [5.41, 5.74) is 5.49. The molecule has 1 aliphatic rings. The lowest BCUT2D eigenvalue weighted by Gasteiger charge is -2.10. The van der Waals surface area contributed by atoms with Crippen molar-refractivity contribution in [2.75, 3.05) is 6.54 Å². The van der Waals surface area contributed by atoms with Gasteiger partial charge in [0.25, 0.3) is 0 Å². The molecule has 0 spiro atoms. The monoisotopic (exact) mass is 318 g/mol. The van der Waals surface area contributed by atoms with E-state index in [1.807, 2.05) is 0 Å². The zero-order chi connectivity index (χ0) is 14.0. The molecule has 0 aliphatic heterocycles. The van der Waals surface area contributed by atoms with Gasteiger partial charge in [0.2, 0.25) is 10.0 Å². The molecule has 1 heterocycles. The van der Waals surface area contributed by atoms with Gasteiger partial charge < -0.3 is 5.73 Å². The van der Waals surface area contributed by atoms with Crippen LogP contribution in [0.3, 0.4) is 0 Å². The Hall–Kier alpha value is -0.500. The van der Waals surface area contributed by atoms with Crippen molar-refractivity contribution in [2.45, 2.75) is 30.4 Å². The third kappa shape index (κ3) is 3.75. The fraction of sp³-hybridized carbons (Fsp3) is 0.583. The van der Waals surface area contributed by atoms with Crippen LogP contribution in [0.4, 0.5) is 0 Å². The molecule has 4 nitrogen and oxygen atoms in total. The zero-order valence-electron chi connectivity index (χ0n) is 10.8. The second-order valence-electron chi connectivity index (χ2n) is 5.12. The van der Waals surface area contributed by atoms with Crippen molar-refractivity contribution in [2.24, 2.45) is 17.6 Å². The summed E-state index contributed by atoms with van der Waals surface area (Å²) < 4.78 is 27.2. The number of nitrogens with two attached hydrogens (primary N) is 1. The summed E-state index contributed by atoms with van der Waals surface area (Å²) in [5.74, 6) is 1.16. The van der Waals surface area contributed by atoms with Crippen LogP contribution in [0.2, 0.25) is 0 Å². The minimum absolute atomic E-state index is 0.232. The first-order valence-corrected chi connectivity index (χ1v) is 8.98. The molecular formula is C12H18N2O2S3. The highest BCUT2D eigenvalue weighted by molar-refractivity contribution is 7.91. The number of rotatable bonds is 5. The topological polar surface area (TPSA) is 72.2 Å². The van der Waals surface area contributed by atoms with Crippen molar-refractivity contribution in [3.05, 3.63) is 17.0 Å². The van der Waals surface area contributed by atoms with Gasteiger partial charge in [-0.3, -0.25) is 0 Å². The Morgan fingerprint density at radius 1 is 1.53 bits per heavy atom. The highest BCUT2D eigenvalue weighted by Gasteiger charge is 2.24. The lowest BCUT2D eigenvalue weighted by atomic mass is 10.1. The van der Waals surface area contributed by atoms with Crippen molar-refractivity contribution in [3.63, 3.8) is 0 Å². The van der Waals surface area contributed by atoms with Gasteiger partial charge >= 0.3 is 0 Å². The Labute approximate surface area is 123 Å². The average molecular weight is 318 g/mol. The molecule has 106 valence electrons. The van der Waals surface area contributed by atoms with Gasteiger partial charge in [0.05, 0.1) is 4.88 Å². The maximum atomic E-state index is 12.1. The summed E-state index contributed by atoms with van der Waals surface area (Å²) in [5, 5.41) is 0. The van der Waals surface area contributed by atoms with Crippen molar-refractivity contribution in [3.8, 4) is 0 Å². The van der Waals surface area contributed by atoms with Crippen LogP contribution in [0.25, 0.3) is 0 Å². The van der Waals surface area contributed by atoms with Crippen molar-refractivity contribution in [1.29, 1.82) is 0 Å². The first kappa shape index (κ1) is 14.9. The Bertz CT molecular complexity index is 565. The van der Waals surface area contributed by atoms with E-state index < -0.39 is 10.0 Å². The summed E-state index contributed by atoms with van der Waals surface area (Å²) in [6, 6.07) is 3.21. The molecule has 7 heteroatoms. The molecule has 2 unspecified atom stereocenters. The lowest BCUT2D eigenvalue weighted by molar-refractivity contribution is 0.499. The minimum Gasteiger partial charge on any atom is -0.389 e. The number of hydrogen-bond donors (Lipinski definition) is 2. The maximum Gasteiger partial charge on any atom is 0.250 e. The quantitative estimate of drug-likeness (QED) is 0.816. The third-order valence-electron chi connectivity index (χ3n) is 3.45. The summed E-state index contributed by atoms with van der Waals surface area (Å²) in [6.45, 7) is 2.73. The van der Waals surface area contributed by atoms with Crippen molar-refractivity contribution >= 4 is 38.6 Å². The molecule has 1 fully saturated rings. The van der Waals surface area contributed by atoms with Crippen LogP contribution in [0.5, 0.6) is 0 Å². The smallest absolute Gasteiger partial charge is 0.250 e. The van der Waals surface area contributed by atoms with Gasteiger partial charge in [-0.15, -0.1) is 11.3 Å². The number of nitrogens with one attached hydrogen (secondary N) is 1. The Morgan fingerprint density at radius 3 is 2.79 bits per heavy atom. The SMILES string of the molecule is CC1CCC(CNS(=O)(=O)c2ccc(C(N)=S)s2)C1. The van der Waals surface area contributed by atoms with E-state index in [0.717, 1.165) is 24.2 Å². The standard InChI is InChI=1S/C12H18N2O2S3/c1-8-2-3-9(6-8)7-14-19(15,16)11-5-4-10(18-11)12(13)17/h4-5,8-9,14H,2-3,6-7H2,1H3,(H2,13,17). The zero-order valence-corrected chi connectivity index (χ0v) is 13.2. The van der Waals surface area contributed by atoms with Crippen molar-refractivity contribution in [1.82, 2.24) is 4.72 Å². The van der Waals surface area contributed by atoms with Crippen LogP contribution >= 0.6 is 23.6 Å². The van der Waals surface area contributed by atoms with Crippen LogP contribution in [0.15, 0.2) is 16.3 Å². The Kier molecular flexibility index (Phi) is 4.60. The predicted octanol–water partition coefficient (Wildman–Crippen LogP) is 2.10. The average Bonchev–Trinajstić information content (AvgIpc) is 2.95. The number of thiocarbonyl (C=S) groups is 1. The fourth-order valence-corrected chi connectivity index (χ4v) is 4.92. The molecule has 1 aromatic rings. The third-order valence-corrected chi connectivity index (χ3v) is 6.84. The van der Waals surface area contributed by atoms with Crippen LogP contribution in [-0.2, 0) is 10.0 Å². The van der Waals surface area contributed by atoms with Gasteiger partial charge in [-0.05, 0) is 36.8 Å². The van der Waals surface area contributed by atoms with E-state index in [4.69, 9.17) is 18.0 Å². The molecule has 1 aromatic heterocycles. The molecule has 2 rings (SSSR count). The first-order valence-electron chi connectivity index (χ1n) is 6.28. The van der Waals surface area contributed by atoms with Crippen LogP contribution in [0, 0.1) is 11.8 Å². The van der Waals surface area contributed by atoms with E-state index in [0.29, 0.717) is 23.3 Å². The summed E-state index contributed by atoms with van der Waals surface area (Å²) in [4.78, 5) is 0.862. The number of hydrogen-bond acceptors (Lipinski definition) is 4. The summed E-state index contributed by atoms with van der Waals surface area (Å²) in [7, 11) is -3.42. The molecular weight excluding hydrogens is 300 g/mol. The molecule has 0 saturated heterocycles. The van der Waals surface area contributed by atoms with Crippen LogP contribution in [-0.4, -0.2) is 20.0 Å². The molecule has 3 N–H and O–H groups in total. The normalized spacial score (nSPS) is 23.6.